The van der Waals surface area contributed by atoms with E-state index >= 15 is 0 Å². The number of aryl methyl sites for hydroxylation is 1. The van der Waals surface area contributed by atoms with Crippen molar-refractivity contribution in [1.82, 2.24) is 6.15 Å². The molecule has 0 saturated carbocycles. The van der Waals surface area contributed by atoms with Crippen LogP contribution in [0.25, 0.3) is 0 Å². The van der Waals surface area contributed by atoms with Gasteiger partial charge in [0.05, 0.1) is 0 Å². The molecule has 0 atom stereocenters. The summed E-state index contributed by atoms with van der Waals surface area (Å²) in [5.41, 5.74) is 1.41. The van der Waals surface area contributed by atoms with Crippen molar-refractivity contribution in [2.45, 2.75) is 13.3 Å². The minimum absolute atomic E-state index is 0. The maximum atomic E-state index is 8.36. The average molecular weight is 169 g/mol. The Morgan fingerprint density at radius 2 is 1.75 bits per heavy atom. The number of carboxylic acid groups (broad SMARTS) is 1. The van der Waals surface area contributed by atoms with E-state index in [-0.39, 0.29) is 12.6 Å². The quantitative estimate of drug-likeness (QED) is 0.632. The van der Waals surface area contributed by atoms with Crippen molar-refractivity contribution >= 4 is 6.47 Å². The molecule has 3 nitrogen and oxygen atoms in total. The third-order valence-electron chi connectivity index (χ3n) is 1.25. The first kappa shape index (κ1) is 13.3. The fraction of sp³-hybridized carbons (Fsp3) is 0.222. The Kier molecular flexibility index (Phi) is 10.7. The van der Waals surface area contributed by atoms with Gasteiger partial charge in [-0.1, -0.05) is 37.3 Å². The van der Waals surface area contributed by atoms with E-state index < -0.39 is 0 Å². The summed E-state index contributed by atoms with van der Waals surface area (Å²) in [6, 6.07) is 10.5. The van der Waals surface area contributed by atoms with Crippen molar-refractivity contribution in [3.63, 3.8) is 0 Å². The number of carbonyl (C=O) groups is 1. The van der Waals surface area contributed by atoms with Gasteiger partial charge >= 0.3 is 0 Å². The highest BCUT2D eigenvalue weighted by atomic mass is 16.3. The van der Waals surface area contributed by atoms with Crippen LogP contribution >= 0.6 is 0 Å². The normalized spacial score (nSPS) is 7.08. The number of benzene rings is 1. The van der Waals surface area contributed by atoms with E-state index in [0.717, 1.165) is 6.42 Å². The molecule has 1 rings (SSSR count). The summed E-state index contributed by atoms with van der Waals surface area (Å²) in [6.07, 6.45) is 1.14. The van der Waals surface area contributed by atoms with Crippen LogP contribution in [-0.4, -0.2) is 11.6 Å². The van der Waals surface area contributed by atoms with Gasteiger partial charge in [-0.2, -0.15) is 0 Å². The topological polar surface area (TPSA) is 72.3 Å². The molecule has 0 saturated heterocycles. The van der Waals surface area contributed by atoms with E-state index in [2.05, 4.69) is 31.2 Å². The zero-order chi connectivity index (χ0) is 8.53. The lowest BCUT2D eigenvalue weighted by Gasteiger charge is -1.89. The molecule has 0 aliphatic carbocycles. The van der Waals surface area contributed by atoms with E-state index in [1.54, 1.807) is 0 Å². The van der Waals surface area contributed by atoms with E-state index in [0.29, 0.717) is 0 Å². The lowest BCUT2D eigenvalue weighted by molar-refractivity contribution is -0.122. The molecule has 68 valence electrons. The molecule has 0 aromatic heterocycles. The van der Waals surface area contributed by atoms with Crippen LogP contribution < -0.4 is 6.15 Å². The van der Waals surface area contributed by atoms with Crippen LogP contribution in [-0.2, 0) is 11.2 Å². The molecule has 0 aliphatic rings. The molecule has 0 unspecified atom stereocenters. The number of rotatable bonds is 1. The summed E-state index contributed by atoms with van der Waals surface area (Å²) in [4.78, 5) is 8.36. The van der Waals surface area contributed by atoms with Gasteiger partial charge in [0, 0.05) is 0 Å². The van der Waals surface area contributed by atoms with Crippen molar-refractivity contribution in [1.29, 1.82) is 0 Å². The molecule has 0 amide bonds. The molecule has 0 aliphatic heterocycles. The van der Waals surface area contributed by atoms with Crippen LogP contribution in [0.1, 0.15) is 12.5 Å². The predicted octanol–water partition coefficient (Wildman–Crippen LogP) is 2.11. The van der Waals surface area contributed by atoms with Crippen LogP contribution in [0.15, 0.2) is 30.3 Å². The number of hydrogen-bond acceptors (Lipinski definition) is 2. The van der Waals surface area contributed by atoms with E-state index in [1.165, 1.54) is 5.56 Å². The van der Waals surface area contributed by atoms with Crippen LogP contribution in [0.3, 0.4) is 0 Å². The molecule has 3 heteroatoms. The van der Waals surface area contributed by atoms with Crippen LogP contribution in [0.4, 0.5) is 0 Å². The molecule has 0 fully saturated rings. The molecule has 1 aromatic rings. The lowest BCUT2D eigenvalue weighted by atomic mass is 10.2. The molecular weight excluding hydrogens is 154 g/mol. The fourth-order valence-electron chi connectivity index (χ4n) is 0.714. The van der Waals surface area contributed by atoms with E-state index in [4.69, 9.17) is 9.90 Å². The van der Waals surface area contributed by atoms with Crippen LogP contribution in [0, 0.1) is 0 Å². The average Bonchev–Trinajstić information content (AvgIpc) is 2.08. The van der Waals surface area contributed by atoms with Crippen LogP contribution in [0.5, 0.6) is 0 Å². The van der Waals surface area contributed by atoms with Gasteiger partial charge in [-0.25, -0.2) is 0 Å². The minimum Gasteiger partial charge on any atom is -0.483 e. The molecule has 4 N–H and O–H groups in total. The maximum absolute atomic E-state index is 8.36. The Hall–Kier alpha value is -1.35. The van der Waals surface area contributed by atoms with Gasteiger partial charge in [0.15, 0.2) is 0 Å². The van der Waals surface area contributed by atoms with E-state index in [9.17, 15) is 0 Å². The van der Waals surface area contributed by atoms with Crippen molar-refractivity contribution in [2.24, 2.45) is 0 Å². The maximum Gasteiger partial charge on any atom is 0.290 e. The SMILES string of the molecule is CCc1ccccc1.N.O=CO. The molecule has 0 heterocycles. The highest BCUT2D eigenvalue weighted by molar-refractivity contribution is 5.32. The molecule has 0 radical (unpaired) electrons. The summed E-state index contributed by atoms with van der Waals surface area (Å²) in [5.74, 6) is 0. The van der Waals surface area contributed by atoms with Gasteiger partial charge < -0.3 is 11.3 Å². The molecule has 1 aromatic carbocycles. The second kappa shape index (κ2) is 9.65. The third kappa shape index (κ3) is 6.77. The van der Waals surface area contributed by atoms with Crippen LogP contribution in [0.2, 0.25) is 0 Å². The first-order chi connectivity index (χ1) is 5.35. The lowest BCUT2D eigenvalue weighted by Crippen LogP contribution is -1.73. The first-order valence-electron chi connectivity index (χ1n) is 3.47. The molecular formula is C9H15NO2. The predicted molar refractivity (Wildman–Crippen MR) is 49.5 cm³/mol. The largest absolute Gasteiger partial charge is 0.483 e. The Labute approximate surface area is 72.6 Å². The third-order valence-corrected chi connectivity index (χ3v) is 1.25. The Morgan fingerprint density at radius 3 is 2.00 bits per heavy atom. The Morgan fingerprint density at radius 1 is 1.33 bits per heavy atom. The Balaban J connectivity index is 0. The monoisotopic (exact) mass is 169 g/mol. The van der Waals surface area contributed by atoms with Gasteiger partial charge in [0.2, 0.25) is 0 Å². The minimum atomic E-state index is -0.250. The summed E-state index contributed by atoms with van der Waals surface area (Å²) in [5, 5.41) is 6.89. The van der Waals surface area contributed by atoms with Crippen molar-refractivity contribution in [2.75, 3.05) is 0 Å². The summed E-state index contributed by atoms with van der Waals surface area (Å²) in [6.45, 7) is 1.91. The van der Waals surface area contributed by atoms with Crippen molar-refractivity contribution in [3.05, 3.63) is 35.9 Å². The summed E-state index contributed by atoms with van der Waals surface area (Å²) < 4.78 is 0. The smallest absolute Gasteiger partial charge is 0.290 e. The first-order valence-corrected chi connectivity index (χ1v) is 3.47. The second-order valence-electron chi connectivity index (χ2n) is 1.94. The second-order valence-corrected chi connectivity index (χ2v) is 1.94. The standard InChI is InChI=1S/C8H10.CH2O2.H3N/c1-2-8-6-4-3-5-7-8;2-1-3;/h3-7H,2H2,1H3;1H,(H,2,3);1H3. The zero-order valence-corrected chi connectivity index (χ0v) is 7.23. The van der Waals surface area contributed by atoms with E-state index in [1.807, 2.05) is 6.07 Å². The molecule has 0 bridgehead atoms. The van der Waals surface area contributed by atoms with Gasteiger partial charge in [-0.05, 0) is 12.0 Å². The molecule has 0 spiro atoms. The highest BCUT2D eigenvalue weighted by Gasteiger charge is 1.79. The Bertz CT molecular complexity index is 187. The highest BCUT2D eigenvalue weighted by Crippen LogP contribution is 1.96. The summed E-state index contributed by atoms with van der Waals surface area (Å²) in [7, 11) is 0. The fourth-order valence-corrected chi connectivity index (χ4v) is 0.714. The van der Waals surface area contributed by atoms with Gasteiger partial charge in [-0.3, -0.25) is 4.79 Å². The van der Waals surface area contributed by atoms with Gasteiger partial charge in [0.25, 0.3) is 6.47 Å². The molecule has 12 heavy (non-hydrogen) atoms. The van der Waals surface area contributed by atoms with Gasteiger partial charge in [-0.15, -0.1) is 0 Å². The zero-order valence-electron chi connectivity index (χ0n) is 7.23. The van der Waals surface area contributed by atoms with Crippen molar-refractivity contribution in [3.8, 4) is 0 Å². The summed E-state index contributed by atoms with van der Waals surface area (Å²) >= 11 is 0. The van der Waals surface area contributed by atoms with Gasteiger partial charge in [0.1, 0.15) is 0 Å². The number of hydrogen-bond donors (Lipinski definition) is 2. The van der Waals surface area contributed by atoms with Crippen molar-refractivity contribution < 1.29 is 9.90 Å².